The molecule has 0 aliphatic heterocycles. The van der Waals surface area contributed by atoms with Gasteiger partial charge in [-0.15, -0.1) is 0 Å². The second kappa shape index (κ2) is 5.01. The summed E-state index contributed by atoms with van der Waals surface area (Å²) in [6.07, 6.45) is 2.60. The minimum absolute atomic E-state index is 0.0829. The number of carbonyl (C=O) groups is 1. The Morgan fingerprint density at radius 3 is 2.62 bits per heavy atom. The first kappa shape index (κ1) is 14.4. The number of nitrogens with one attached hydrogen (secondary N) is 1. The van der Waals surface area contributed by atoms with Gasteiger partial charge in [0.2, 0.25) is 0 Å². The summed E-state index contributed by atoms with van der Waals surface area (Å²) in [5.41, 5.74) is 5.60. The zero-order valence-corrected chi connectivity index (χ0v) is 12.6. The Morgan fingerprint density at radius 1 is 1.33 bits per heavy atom. The van der Waals surface area contributed by atoms with Gasteiger partial charge in [0.25, 0.3) is 5.91 Å². The number of hydrogen-bond acceptors (Lipinski definition) is 3. The van der Waals surface area contributed by atoms with E-state index < -0.39 is 16.1 Å². The Labute approximate surface area is 127 Å². The van der Waals surface area contributed by atoms with Crippen LogP contribution >= 0.6 is 11.6 Å². The highest BCUT2D eigenvalue weighted by molar-refractivity contribution is 7.88. The molecule has 21 heavy (non-hydrogen) atoms. The summed E-state index contributed by atoms with van der Waals surface area (Å²) in [6, 6.07) is 6.08. The highest BCUT2D eigenvalue weighted by atomic mass is 35.5. The van der Waals surface area contributed by atoms with Crippen molar-refractivity contribution in [2.24, 2.45) is 5.73 Å². The molecule has 0 saturated heterocycles. The van der Waals surface area contributed by atoms with Crippen molar-refractivity contribution >= 4 is 38.6 Å². The van der Waals surface area contributed by atoms with E-state index in [4.69, 9.17) is 17.3 Å². The molecule has 1 heterocycles. The summed E-state index contributed by atoms with van der Waals surface area (Å²) < 4.78 is 28.6. The molecule has 1 fully saturated rings. The quantitative estimate of drug-likeness (QED) is 0.893. The lowest BCUT2D eigenvalue weighted by Gasteiger charge is -2.26. The largest absolute Gasteiger partial charge is 0.364 e. The van der Waals surface area contributed by atoms with E-state index in [2.05, 4.69) is 4.72 Å². The standard InChI is InChI=1S/C13H14ClN3O3S/c14-9-4-5-11-8(6-9)7-12(13(15)18)17(11)21(19,20)16-10-2-1-3-10/h4-7,10,16H,1-3H2,(H2,15,18). The van der Waals surface area contributed by atoms with E-state index in [1.807, 2.05) is 0 Å². The Morgan fingerprint density at radius 2 is 2.05 bits per heavy atom. The van der Waals surface area contributed by atoms with Crippen molar-refractivity contribution < 1.29 is 13.2 Å². The van der Waals surface area contributed by atoms with E-state index in [-0.39, 0.29) is 11.7 Å². The van der Waals surface area contributed by atoms with Gasteiger partial charge in [0.1, 0.15) is 5.69 Å². The third-order valence-corrected chi connectivity index (χ3v) is 5.37. The number of carbonyl (C=O) groups excluding carboxylic acids is 1. The molecule has 3 N–H and O–H groups in total. The molecule has 3 rings (SSSR count). The van der Waals surface area contributed by atoms with E-state index in [1.54, 1.807) is 18.2 Å². The molecule has 1 aromatic heterocycles. The van der Waals surface area contributed by atoms with Crippen LogP contribution in [0.15, 0.2) is 24.3 Å². The molecule has 0 radical (unpaired) electrons. The monoisotopic (exact) mass is 327 g/mol. The van der Waals surface area contributed by atoms with Gasteiger partial charge in [0, 0.05) is 16.5 Å². The fourth-order valence-electron chi connectivity index (χ4n) is 2.38. The van der Waals surface area contributed by atoms with Crippen LogP contribution in [0.25, 0.3) is 10.9 Å². The zero-order valence-electron chi connectivity index (χ0n) is 11.0. The second-order valence-electron chi connectivity index (χ2n) is 5.11. The first-order chi connectivity index (χ1) is 9.88. The maximum Gasteiger partial charge on any atom is 0.306 e. The summed E-state index contributed by atoms with van der Waals surface area (Å²) >= 11 is 5.90. The molecule has 0 bridgehead atoms. The van der Waals surface area contributed by atoms with Crippen LogP contribution in [0.5, 0.6) is 0 Å². The average molecular weight is 328 g/mol. The van der Waals surface area contributed by atoms with Crippen molar-refractivity contribution in [1.82, 2.24) is 8.69 Å². The van der Waals surface area contributed by atoms with Crippen LogP contribution in [0.4, 0.5) is 0 Å². The number of nitrogens with zero attached hydrogens (tertiary/aromatic N) is 1. The van der Waals surface area contributed by atoms with Crippen molar-refractivity contribution in [2.75, 3.05) is 0 Å². The molecule has 0 spiro atoms. The molecule has 112 valence electrons. The Kier molecular flexibility index (Phi) is 3.43. The smallest absolute Gasteiger partial charge is 0.306 e. The van der Waals surface area contributed by atoms with Crippen LogP contribution < -0.4 is 10.5 Å². The Hall–Kier alpha value is -1.57. The lowest BCUT2D eigenvalue weighted by atomic mass is 9.94. The summed E-state index contributed by atoms with van der Waals surface area (Å²) in [4.78, 5) is 11.6. The summed E-state index contributed by atoms with van der Waals surface area (Å²) in [6.45, 7) is 0. The maximum absolute atomic E-state index is 12.5. The highest BCUT2D eigenvalue weighted by Gasteiger charge is 2.28. The lowest BCUT2D eigenvalue weighted by Crippen LogP contribution is -2.43. The van der Waals surface area contributed by atoms with Gasteiger partial charge in [0.05, 0.1) is 5.52 Å². The Balaban J connectivity index is 2.19. The highest BCUT2D eigenvalue weighted by Crippen LogP contribution is 2.26. The second-order valence-corrected chi connectivity index (χ2v) is 7.10. The van der Waals surface area contributed by atoms with Crippen LogP contribution in [-0.4, -0.2) is 24.3 Å². The number of hydrogen-bond donors (Lipinski definition) is 2. The van der Waals surface area contributed by atoms with Crippen LogP contribution in [-0.2, 0) is 10.2 Å². The fourth-order valence-corrected chi connectivity index (χ4v) is 4.15. The lowest BCUT2D eigenvalue weighted by molar-refractivity contribution is 0.0995. The average Bonchev–Trinajstić information content (AvgIpc) is 2.73. The number of halogens is 1. The van der Waals surface area contributed by atoms with Crippen LogP contribution in [0.3, 0.4) is 0 Å². The third-order valence-electron chi connectivity index (χ3n) is 3.63. The van der Waals surface area contributed by atoms with Crippen molar-refractivity contribution in [3.63, 3.8) is 0 Å². The molecule has 1 aromatic carbocycles. The molecule has 1 aliphatic carbocycles. The fraction of sp³-hybridized carbons (Fsp3) is 0.308. The predicted molar refractivity (Wildman–Crippen MR) is 80.6 cm³/mol. The minimum Gasteiger partial charge on any atom is -0.364 e. The number of benzene rings is 1. The molecular weight excluding hydrogens is 314 g/mol. The molecule has 1 saturated carbocycles. The number of fused-ring (bicyclic) bond motifs is 1. The van der Waals surface area contributed by atoms with Crippen LogP contribution in [0, 0.1) is 0 Å². The van der Waals surface area contributed by atoms with Gasteiger partial charge in [-0.05, 0) is 37.1 Å². The molecule has 2 aromatic rings. The van der Waals surface area contributed by atoms with Gasteiger partial charge in [-0.1, -0.05) is 18.0 Å². The van der Waals surface area contributed by atoms with Crippen molar-refractivity contribution in [1.29, 1.82) is 0 Å². The summed E-state index contributed by atoms with van der Waals surface area (Å²) in [7, 11) is -3.87. The van der Waals surface area contributed by atoms with Gasteiger partial charge < -0.3 is 5.73 Å². The molecule has 0 atom stereocenters. The molecule has 8 heteroatoms. The van der Waals surface area contributed by atoms with Crippen LogP contribution in [0.2, 0.25) is 5.02 Å². The van der Waals surface area contributed by atoms with Gasteiger partial charge in [-0.2, -0.15) is 13.1 Å². The van der Waals surface area contributed by atoms with E-state index in [0.717, 1.165) is 23.2 Å². The van der Waals surface area contributed by atoms with Crippen LogP contribution in [0.1, 0.15) is 29.8 Å². The number of aromatic nitrogens is 1. The van der Waals surface area contributed by atoms with Crippen molar-refractivity contribution in [3.8, 4) is 0 Å². The third kappa shape index (κ3) is 2.52. The zero-order chi connectivity index (χ0) is 15.2. The number of nitrogens with two attached hydrogens (primary N) is 1. The molecule has 0 unspecified atom stereocenters. The van der Waals surface area contributed by atoms with E-state index in [0.29, 0.717) is 15.9 Å². The van der Waals surface area contributed by atoms with Gasteiger partial charge >= 0.3 is 10.2 Å². The SMILES string of the molecule is NC(=O)c1cc2cc(Cl)ccc2n1S(=O)(=O)NC1CCC1. The molecule has 6 nitrogen and oxygen atoms in total. The number of amides is 1. The van der Waals surface area contributed by atoms with Gasteiger partial charge in [0.15, 0.2) is 0 Å². The summed E-state index contributed by atoms with van der Waals surface area (Å²) in [5, 5.41) is 1.01. The first-order valence-electron chi connectivity index (χ1n) is 6.52. The predicted octanol–water partition coefficient (Wildman–Crippen LogP) is 1.63. The molecule has 1 aliphatic rings. The van der Waals surface area contributed by atoms with Crippen molar-refractivity contribution in [2.45, 2.75) is 25.3 Å². The van der Waals surface area contributed by atoms with Gasteiger partial charge in [-0.25, -0.2) is 3.97 Å². The normalized spacial score (nSPS) is 16.0. The van der Waals surface area contributed by atoms with E-state index >= 15 is 0 Å². The number of rotatable bonds is 4. The topological polar surface area (TPSA) is 94.2 Å². The molecule has 1 amide bonds. The first-order valence-corrected chi connectivity index (χ1v) is 8.34. The minimum atomic E-state index is -3.87. The van der Waals surface area contributed by atoms with Crippen molar-refractivity contribution in [3.05, 3.63) is 35.0 Å². The Bertz CT molecular complexity index is 825. The molecular formula is C13H14ClN3O3S. The van der Waals surface area contributed by atoms with Gasteiger partial charge in [-0.3, -0.25) is 4.79 Å². The number of primary amides is 1. The summed E-state index contributed by atoms with van der Waals surface area (Å²) in [5.74, 6) is -0.804. The van der Waals surface area contributed by atoms with E-state index in [9.17, 15) is 13.2 Å². The maximum atomic E-state index is 12.5. The van der Waals surface area contributed by atoms with E-state index in [1.165, 1.54) is 6.07 Å².